The van der Waals surface area contributed by atoms with Crippen molar-refractivity contribution in [3.63, 3.8) is 0 Å². The van der Waals surface area contributed by atoms with Crippen LogP contribution in [0, 0.1) is 0 Å². The quantitative estimate of drug-likeness (QED) is 0.791. The van der Waals surface area contributed by atoms with Crippen molar-refractivity contribution >= 4 is 35.6 Å². The van der Waals surface area contributed by atoms with E-state index in [4.69, 9.17) is 28.9 Å². The lowest BCUT2D eigenvalue weighted by atomic mass is 9.76. The lowest BCUT2D eigenvalue weighted by Crippen LogP contribution is -2.24. The van der Waals surface area contributed by atoms with Crippen molar-refractivity contribution in [2.24, 2.45) is 5.73 Å². The van der Waals surface area contributed by atoms with E-state index in [1.54, 1.807) is 0 Å². The second-order valence-electron chi connectivity index (χ2n) is 5.81. The molecule has 3 N–H and O–H groups in total. The van der Waals surface area contributed by atoms with Gasteiger partial charge in [0.1, 0.15) is 0 Å². The number of fused-ring (bicyclic) bond motifs is 1. The lowest BCUT2D eigenvalue weighted by molar-refractivity contribution is 0.470. The molecule has 0 heterocycles. The predicted molar refractivity (Wildman–Crippen MR) is 101 cm³/mol. The van der Waals surface area contributed by atoms with Gasteiger partial charge in [0, 0.05) is 18.5 Å². The lowest BCUT2D eigenvalue weighted by Gasteiger charge is -2.32. The molecule has 124 valence electrons. The molecule has 2 aromatic carbocycles. The Kier molecular flexibility index (Phi) is 6.35. The van der Waals surface area contributed by atoms with E-state index in [1.165, 1.54) is 22.3 Å². The zero-order valence-corrected chi connectivity index (χ0v) is 15.3. The Morgan fingerprint density at radius 1 is 1.04 bits per heavy atom. The summed E-state index contributed by atoms with van der Waals surface area (Å²) >= 11 is 12.3. The van der Waals surface area contributed by atoms with Crippen molar-refractivity contribution in [1.82, 2.24) is 5.32 Å². The molecular formula is C18H21Cl3N2. The maximum atomic E-state index is 6.20. The first-order chi connectivity index (χ1) is 10.6. The van der Waals surface area contributed by atoms with Crippen LogP contribution in [0.4, 0.5) is 0 Å². The molecule has 0 aromatic heterocycles. The minimum absolute atomic E-state index is 0. The monoisotopic (exact) mass is 370 g/mol. The van der Waals surface area contributed by atoms with Crippen molar-refractivity contribution in [1.29, 1.82) is 0 Å². The van der Waals surface area contributed by atoms with Crippen LogP contribution in [-0.4, -0.2) is 7.05 Å². The van der Waals surface area contributed by atoms with Gasteiger partial charge >= 0.3 is 0 Å². The number of hydrogen-bond acceptors (Lipinski definition) is 2. The van der Waals surface area contributed by atoms with Crippen LogP contribution in [0.25, 0.3) is 0 Å². The average Bonchev–Trinajstić information content (AvgIpc) is 2.55. The van der Waals surface area contributed by atoms with Gasteiger partial charge in [-0.25, -0.2) is 0 Å². The molecule has 0 aliphatic heterocycles. The zero-order valence-electron chi connectivity index (χ0n) is 13.0. The van der Waals surface area contributed by atoms with Gasteiger partial charge in [0.25, 0.3) is 0 Å². The summed E-state index contributed by atoms with van der Waals surface area (Å²) in [5, 5.41) is 4.64. The summed E-state index contributed by atoms with van der Waals surface area (Å²) in [5.74, 6) is 0.362. The molecule has 0 fully saturated rings. The predicted octanol–water partition coefficient (Wildman–Crippen LogP) is 5.06. The fourth-order valence-electron chi connectivity index (χ4n) is 3.39. The Morgan fingerprint density at radius 3 is 2.48 bits per heavy atom. The van der Waals surface area contributed by atoms with E-state index in [-0.39, 0.29) is 12.4 Å². The zero-order chi connectivity index (χ0) is 15.7. The molecule has 0 saturated carbocycles. The Labute approximate surface area is 153 Å². The first-order valence-electron chi connectivity index (χ1n) is 7.59. The summed E-state index contributed by atoms with van der Waals surface area (Å²) in [7, 11) is 2.02. The van der Waals surface area contributed by atoms with Gasteiger partial charge in [-0.05, 0) is 54.3 Å². The third-order valence-electron chi connectivity index (χ3n) is 4.58. The molecule has 1 aliphatic rings. The molecule has 5 heteroatoms. The van der Waals surface area contributed by atoms with Crippen molar-refractivity contribution in [3.05, 3.63) is 68.7 Å². The van der Waals surface area contributed by atoms with Crippen molar-refractivity contribution in [2.45, 2.75) is 31.3 Å². The summed E-state index contributed by atoms with van der Waals surface area (Å²) in [4.78, 5) is 0. The molecule has 0 amide bonds. The van der Waals surface area contributed by atoms with Gasteiger partial charge in [-0.15, -0.1) is 12.4 Å². The van der Waals surface area contributed by atoms with Crippen LogP contribution >= 0.6 is 35.6 Å². The molecule has 0 saturated heterocycles. The van der Waals surface area contributed by atoms with Crippen molar-refractivity contribution in [2.75, 3.05) is 7.05 Å². The summed E-state index contributed by atoms with van der Waals surface area (Å²) < 4.78 is 0. The highest BCUT2D eigenvalue weighted by atomic mass is 35.5. The molecular weight excluding hydrogens is 351 g/mol. The molecule has 0 spiro atoms. The van der Waals surface area contributed by atoms with E-state index >= 15 is 0 Å². The molecule has 23 heavy (non-hydrogen) atoms. The smallest absolute Gasteiger partial charge is 0.0595 e. The standard InChI is InChI=1S/C18H20Cl2N2.ClH/c1-22-18-7-5-13(12-3-6-16(19)17(20)9-12)14-4-2-11(10-21)8-15(14)18;/h2-4,6,8-9,13,18,22H,5,7,10,21H2,1H3;1H/t13-,18-;/m0./s1. The topological polar surface area (TPSA) is 38.0 Å². The summed E-state index contributed by atoms with van der Waals surface area (Å²) in [6.45, 7) is 0.571. The van der Waals surface area contributed by atoms with E-state index in [9.17, 15) is 0 Å². The first-order valence-corrected chi connectivity index (χ1v) is 8.34. The van der Waals surface area contributed by atoms with E-state index in [1.807, 2.05) is 19.2 Å². The number of halogens is 3. The number of rotatable bonds is 3. The maximum Gasteiger partial charge on any atom is 0.0595 e. The third kappa shape index (κ3) is 3.67. The van der Waals surface area contributed by atoms with Crippen molar-refractivity contribution < 1.29 is 0 Å². The maximum absolute atomic E-state index is 6.20. The van der Waals surface area contributed by atoms with Gasteiger partial charge in [0.2, 0.25) is 0 Å². The minimum atomic E-state index is 0. The van der Waals surface area contributed by atoms with E-state index < -0.39 is 0 Å². The van der Waals surface area contributed by atoms with E-state index in [0.717, 1.165) is 12.8 Å². The van der Waals surface area contributed by atoms with E-state index in [2.05, 4.69) is 29.6 Å². The van der Waals surface area contributed by atoms with Gasteiger partial charge in [-0.3, -0.25) is 0 Å². The molecule has 0 unspecified atom stereocenters. The van der Waals surface area contributed by atoms with Gasteiger partial charge in [0.15, 0.2) is 0 Å². The van der Waals surface area contributed by atoms with Gasteiger partial charge < -0.3 is 11.1 Å². The SMILES string of the molecule is CN[C@H]1CC[C@@H](c2ccc(Cl)c(Cl)c2)c2ccc(CN)cc21.Cl. The Balaban J connectivity index is 0.00000192. The van der Waals surface area contributed by atoms with Crippen LogP contribution in [0.3, 0.4) is 0 Å². The van der Waals surface area contributed by atoms with Crippen LogP contribution in [-0.2, 0) is 6.54 Å². The highest BCUT2D eigenvalue weighted by Gasteiger charge is 2.27. The van der Waals surface area contributed by atoms with Crippen LogP contribution < -0.4 is 11.1 Å². The summed E-state index contributed by atoms with van der Waals surface area (Å²) in [5.41, 5.74) is 10.9. The van der Waals surface area contributed by atoms with Crippen LogP contribution in [0.2, 0.25) is 10.0 Å². The highest BCUT2D eigenvalue weighted by Crippen LogP contribution is 2.42. The molecule has 3 rings (SSSR count). The van der Waals surface area contributed by atoms with Gasteiger partial charge in [-0.2, -0.15) is 0 Å². The number of nitrogens with one attached hydrogen (secondary N) is 1. The van der Waals surface area contributed by atoms with Crippen LogP contribution in [0.15, 0.2) is 36.4 Å². The first kappa shape index (κ1) is 18.6. The molecule has 0 radical (unpaired) electrons. The van der Waals surface area contributed by atoms with Gasteiger partial charge in [-0.1, -0.05) is 47.5 Å². The normalized spacial score (nSPS) is 19.8. The van der Waals surface area contributed by atoms with Crippen LogP contribution in [0.1, 0.15) is 47.1 Å². The van der Waals surface area contributed by atoms with Crippen molar-refractivity contribution in [3.8, 4) is 0 Å². The number of benzene rings is 2. The number of nitrogens with two attached hydrogens (primary N) is 1. The van der Waals surface area contributed by atoms with Gasteiger partial charge in [0.05, 0.1) is 10.0 Å². The highest BCUT2D eigenvalue weighted by molar-refractivity contribution is 6.42. The second kappa shape index (κ2) is 7.87. The largest absolute Gasteiger partial charge is 0.326 e. The van der Waals surface area contributed by atoms with Crippen LogP contribution in [0.5, 0.6) is 0 Å². The molecule has 2 atom stereocenters. The number of hydrogen-bond donors (Lipinski definition) is 2. The Hall–Kier alpha value is -0.770. The Bertz CT molecular complexity index is 688. The fraction of sp³-hybridized carbons (Fsp3) is 0.333. The summed E-state index contributed by atoms with van der Waals surface area (Å²) in [6.07, 6.45) is 2.20. The third-order valence-corrected chi connectivity index (χ3v) is 5.32. The molecule has 0 bridgehead atoms. The fourth-order valence-corrected chi connectivity index (χ4v) is 3.70. The summed E-state index contributed by atoms with van der Waals surface area (Å²) in [6, 6.07) is 12.9. The Morgan fingerprint density at radius 2 is 1.83 bits per heavy atom. The molecule has 2 nitrogen and oxygen atoms in total. The molecule has 2 aromatic rings. The second-order valence-corrected chi connectivity index (χ2v) is 6.63. The average molecular weight is 372 g/mol. The van der Waals surface area contributed by atoms with E-state index in [0.29, 0.717) is 28.5 Å². The molecule has 1 aliphatic carbocycles. The minimum Gasteiger partial charge on any atom is -0.326 e.